The molecule has 1 N–H and O–H groups in total. The lowest BCUT2D eigenvalue weighted by Gasteiger charge is -2.34. The molecule has 0 spiro atoms. The number of H-pyrrole nitrogens is 1. The number of piperazine rings is 1. The van der Waals surface area contributed by atoms with Crippen LogP contribution in [0.15, 0.2) is 59.5 Å². The molecule has 5 rings (SSSR count). The van der Waals surface area contributed by atoms with Crippen LogP contribution in [0.1, 0.15) is 0 Å². The Morgan fingerprint density at radius 2 is 1.60 bits per heavy atom. The van der Waals surface area contributed by atoms with Gasteiger partial charge < -0.3 is 14.4 Å². The van der Waals surface area contributed by atoms with E-state index in [9.17, 15) is 4.79 Å². The summed E-state index contributed by atoms with van der Waals surface area (Å²) in [4.78, 5) is 21.3. The van der Waals surface area contributed by atoms with Crippen LogP contribution in [-0.2, 0) is 7.05 Å². The van der Waals surface area contributed by atoms with E-state index in [1.54, 1.807) is 29.9 Å². The summed E-state index contributed by atoms with van der Waals surface area (Å²) in [6, 6.07) is 15.9. The van der Waals surface area contributed by atoms with E-state index in [2.05, 4.69) is 51.3 Å². The van der Waals surface area contributed by atoms with Crippen LogP contribution in [0.3, 0.4) is 0 Å². The number of anilines is 1. The second kappa shape index (κ2) is 7.42. The van der Waals surface area contributed by atoms with Crippen LogP contribution in [0.2, 0.25) is 0 Å². The molecule has 1 saturated heterocycles. The zero-order valence-electron chi connectivity index (χ0n) is 17.2. The Kier molecular flexibility index (Phi) is 4.59. The van der Waals surface area contributed by atoms with E-state index in [-0.39, 0.29) is 5.56 Å². The quantitative estimate of drug-likeness (QED) is 0.573. The molecule has 0 bridgehead atoms. The van der Waals surface area contributed by atoms with E-state index in [1.165, 1.54) is 5.69 Å². The van der Waals surface area contributed by atoms with Gasteiger partial charge in [-0.3, -0.25) is 9.89 Å². The highest BCUT2D eigenvalue weighted by Gasteiger charge is 2.16. The van der Waals surface area contributed by atoms with Crippen molar-refractivity contribution >= 4 is 16.7 Å². The van der Waals surface area contributed by atoms with Crippen molar-refractivity contribution in [3.8, 4) is 22.5 Å². The predicted octanol–water partition coefficient (Wildman–Crippen LogP) is 2.74. The molecule has 1 aliphatic rings. The Morgan fingerprint density at radius 3 is 2.33 bits per heavy atom. The molecule has 1 aliphatic heterocycles. The number of hydrogen-bond acceptors (Lipinski definition) is 5. The van der Waals surface area contributed by atoms with Crippen molar-refractivity contribution in [1.82, 2.24) is 24.6 Å². The van der Waals surface area contributed by atoms with E-state index in [4.69, 9.17) is 4.98 Å². The second-order valence-corrected chi connectivity index (χ2v) is 7.87. The average Bonchev–Trinajstić information content (AvgIpc) is 3.20. The summed E-state index contributed by atoms with van der Waals surface area (Å²) in [5.41, 5.74) is 6.50. The summed E-state index contributed by atoms with van der Waals surface area (Å²) >= 11 is 0. The van der Waals surface area contributed by atoms with Crippen LogP contribution < -0.4 is 10.5 Å². The van der Waals surface area contributed by atoms with Crippen molar-refractivity contribution in [3.05, 3.63) is 65.1 Å². The third kappa shape index (κ3) is 3.37. The van der Waals surface area contributed by atoms with Crippen molar-refractivity contribution < 1.29 is 0 Å². The smallest absolute Gasteiger partial charge is 0.250 e. The summed E-state index contributed by atoms with van der Waals surface area (Å²) in [5, 5.41) is 7.61. The van der Waals surface area contributed by atoms with Crippen molar-refractivity contribution in [3.63, 3.8) is 0 Å². The van der Waals surface area contributed by atoms with Crippen molar-refractivity contribution in [2.75, 3.05) is 38.1 Å². The van der Waals surface area contributed by atoms with Gasteiger partial charge in [0.15, 0.2) is 0 Å². The van der Waals surface area contributed by atoms with Crippen LogP contribution in [0.25, 0.3) is 33.5 Å². The topological polar surface area (TPSA) is 70.0 Å². The van der Waals surface area contributed by atoms with Gasteiger partial charge in [-0.25, -0.2) is 4.98 Å². The van der Waals surface area contributed by atoms with E-state index in [0.717, 1.165) is 59.7 Å². The molecule has 4 aromatic rings. The fraction of sp³-hybridized carbons (Fsp3) is 0.261. The summed E-state index contributed by atoms with van der Waals surface area (Å²) in [6.07, 6.45) is 1.81. The van der Waals surface area contributed by atoms with Crippen LogP contribution in [0.5, 0.6) is 0 Å². The minimum absolute atomic E-state index is 0.0377. The predicted molar refractivity (Wildman–Crippen MR) is 120 cm³/mol. The van der Waals surface area contributed by atoms with E-state index in [1.807, 2.05) is 12.1 Å². The number of pyridine rings is 2. The molecule has 7 heteroatoms. The molecule has 152 valence electrons. The summed E-state index contributed by atoms with van der Waals surface area (Å²) < 4.78 is 1.56. The zero-order valence-corrected chi connectivity index (χ0v) is 17.2. The molecule has 0 saturated carbocycles. The lowest BCUT2D eigenvalue weighted by Crippen LogP contribution is -2.44. The summed E-state index contributed by atoms with van der Waals surface area (Å²) in [6.45, 7) is 4.27. The van der Waals surface area contributed by atoms with E-state index >= 15 is 0 Å². The van der Waals surface area contributed by atoms with Crippen LogP contribution in [0, 0.1) is 0 Å². The SMILES string of the molecule is CN1CCN(c2ccc(-c3n[nH]c4ccc(-c5ccc(=O)n(C)c5)nc34)cc2)CC1. The first-order valence-electron chi connectivity index (χ1n) is 10.1. The highest BCUT2D eigenvalue weighted by atomic mass is 16.1. The molecule has 7 nitrogen and oxygen atoms in total. The molecule has 0 radical (unpaired) electrons. The normalized spacial score (nSPS) is 15.1. The number of hydrogen-bond donors (Lipinski definition) is 1. The van der Waals surface area contributed by atoms with E-state index < -0.39 is 0 Å². The number of aryl methyl sites for hydroxylation is 1. The van der Waals surface area contributed by atoms with Gasteiger partial charge in [0.1, 0.15) is 11.2 Å². The van der Waals surface area contributed by atoms with Gasteiger partial charge in [0, 0.05) is 62.3 Å². The lowest BCUT2D eigenvalue weighted by atomic mass is 10.1. The number of likely N-dealkylation sites (N-methyl/N-ethyl adjacent to an activating group) is 1. The standard InChI is InChI=1S/C23H24N6O/c1-27-11-13-29(14-12-27)18-6-3-16(4-7-18)22-23-20(25-26-22)9-8-19(24-23)17-5-10-21(30)28(2)15-17/h3-10,15H,11-14H2,1-2H3,(H,25,26). The fourth-order valence-corrected chi connectivity index (χ4v) is 3.90. The van der Waals surface area contributed by atoms with Gasteiger partial charge in [-0.1, -0.05) is 12.1 Å². The van der Waals surface area contributed by atoms with Gasteiger partial charge in [-0.15, -0.1) is 0 Å². The van der Waals surface area contributed by atoms with Gasteiger partial charge in [-0.05, 0) is 37.4 Å². The highest BCUT2D eigenvalue weighted by molar-refractivity contribution is 5.91. The maximum atomic E-state index is 11.7. The third-order valence-corrected chi connectivity index (χ3v) is 5.80. The average molecular weight is 400 g/mol. The number of fused-ring (bicyclic) bond motifs is 1. The maximum absolute atomic E-state index is 11.7. The number of nitrogens with one attached hydrogen (secondary N) is 1. The first kappa shape index (κ1) is 18.6. The molecule has 0 unspecified atom stereocenters. The minimum Gasteiger partial charge on any atom is -0.369 e. The summed E-state index contributed by atoms with van der Waals surface area (Å²) in [7, 11) is 3.91. The van der Waals surface area contributed by atoms with E-state index in [0.29, 0.717) is 0 Å². The van der Waals surface area contributed by atoms with Gasteiger partial charge in [0.05, 0.1) is 11.2 Å². The number of benzene rings is 1. The van der Waals surface area contributed by atoms with Gasteiger partial charge in [-0.2, -0.15) is 5.10 Å². The van der Waals surface area contributed by atoms with Crippen LogP contribution in [-0.4, -0.2) is 57.9 Å². The monoisotopic (exact) mass is 400 g/mol. The van der Waals surface area contributed by atoms with Crippen molar-refractivity contribution in [2.24, 2.45) is 7.05 Å². The minimum atomic E-state index is -0.0377. The number of nitrogens with zero attached hydrogens (tertiary/aromatic N) is 5. The summed E-state index contributed by atoms with van der Waals surface area (Å²) in [5.74, 6) is 0. The molecule has 0 aliphatic carbocycles. The van der Waals surface area contributed by atoms with Crippen molar-refractivity contribution in [2.45, 2.75) is 0 Å². The zero-order chi connectivity index (χ0) is 20.7. The number of rotatable bonds is 3. The molecule has 1 fully saturated rings. The Balaban J connectivity index is 1.48. The Morgan fingerprint density at radius 1 is 0.867 bits per heavy atom. The fourth-order valence-electron chi connectivity index (χ4n) is 3.90. The molecule has 0 amide bonds. The van der Waals surface area contributed by atoms with Gasteiger partial charge in [0.2, 0.25) is 5.56 Å². The molecule has 4 heterocycles. The largest absolute Gasteiger partial charge is 0.369 e. The third-order valence-electron chi connectivity index (χ3n) is 5.80. The highest BCUT2D eigenvalue weighted by Crippen LogP contribution is 2.29. The van der Waals surface area contributed by atoms with Gasteiger partial charge in [0.25, 0.3) is 0 Å². The Hall–Kier alpha value is -3.45. The van der Waals surface area contributed by atoms with Crippen molar-refractivity contribution in [1.29, 1.82) is 0 Å². The Bertz CT molecular complexity index is 1250. The lowest BCUT2D eigenvalue weighted by molar-refractivity contribution is 0.313. The second-order valence-electron chi connectivity index (χ2n) is 7.87. The molecular formula is C23H24N6O. The van der Waals surface area contributed by atoms with Gasteiger partial charge >= 0.3 is 0 Å². The maximum Gasteiger partial charge on any atom is 0.250 e. The number of aromatic amines is 1. The molecular weight excluding hydrogens is 376 g/mol. The number of aromatic nitrogens is 4. The molecule has 3 aromatic heterocycles. The molecule has 0 atom stereocenters. The Labute approximate surface area is 174 Å². The first-order valence-corrected chi connectivity index (χ1v) is 10.1. The molecule has 1 aromatic carbocycles. The first-order chi connectivity index (χ1) is 14.6. The molecule has 30 heavy (non-hydrogen) atoms. The van der Waals surface area contributed by atoms with Crippen LogP contribution >= 0.6 is 0 Å². The van der Waals surface area contributed by atoms with Crippen LogP contribution in [0.4, 0.5) is 5.69 Å².